The highest BCUT2D eigenvalue weighted by molar-refractivity contribution is 5.94. The van der Waals surface area contributed by atoms with Gasteiger partial charge in [-0.25, -0.2) is 4.39 Å². The summed E-state index contributed by atoms with van der Waals surface area (Å²) in [5.74, 6) is -0.790. The Balaban J connectivity index is 1.53. The molecule has 2 aliphatic heterocycles. The number of likely N-dealkylation sites (N-methyl/N-ethyl adjacent to an activating group) is 1. The molecule has 1 aromatic carbocycles. The molecule has 0 radical (unpaired) electrons. The minimum atomic E-state index is -4.40. The number of alkyl halides is 3. The molecule has 3 heterocycles. The van der Waals surface area contributed by atoms with Crippen LogP contribution in [0.2, 0.25) is 0 Å². The predicted molar refractivity (Wildman–Crippen MR) is 111 cm³/mol. The van der Waals surface area contributed by atoms with E-state index in [-0.39, 0.29) is 29.9 Å². The summed E-state index contributed by atoms with van der Waals surface area (Å²) in [5, 5.41) is 0. The number of hydrogen-bond acceptors (Lipinski definition) is 3. The second-order valence-corrected chi connectivity index (χ2v) is 8.81. The van der Waals surface area contributed by atoms with Crippen molar-refractivity contribution in [1.29, 1.82) is 0 Å². The van der Waals surface area contributed by atoms with Crippen LogP contribution in [0.1, 0.15) is 48.4 Å². The molecule has 174 valence electrons. The van der Waals surface area contributed by atoms with E-state index in [1.54, 1.807) is 30.9 Å². The SMILES string of the molecule is CC(C)Oc1ccc(C(=O)N2CCC3(CC2)c2ccc(C(F)(F)F)n2CCN3C)cc1F. The van der Waals surface area contributed by atoms with Gasteiger partial charge in [0.25, 0.3) is 5.91 Å². The average molecular weight is 453 g/mol. The number of likely N-dealkylation sites (tertiary alicyclic amines) is 1. The first-order valence-corrected chi connectivity index (χ1v) is 10.8. The summed E-state index contributed by atoms with van der Waals surface area (Å²) in [6.45, 7) is 5.11. The van der Waals surface area contributed by atoms with Gasteiger partial charge in [0.15, 0.2) is 11.6 Å². The third-order valence-corrected chi connectivity index (χ3v) is 6.56. The van der Waals surface area contributed by atoms with Crippen LogP contribution in [-0.2, 0) is 18.3 Å². The largest absolute Gasteiger partial charge is 0.488 e. The highest BCUT2D eigenvalue weighted by atomic mass is 19.4. The lowest BCUT2D eigenvalue weighted by Crippen LogP contribution is -2.56. The van der Waals surface area contributed by atoms with Gasteiger partial charge in [-0.15, -0.1) is 0 Å². The Hall–Kier alpha value is -2.55. The molecule has 0 saturated carbocycles. The van der Waals surface area contributed by atoms with Crippen molar-refractivity contribution in [2.45, 2.75) is 51.1 Å². The number of carbonyl (C=O) groups is 1. The van der Waals surface area contributed by atoms with Crippen LogP contribution < -0.4 is 4.74 Å². The van der Waals surface area contributed by atoms with Gasteiger partial charge in [-0.05, 0) is 64.1 Å². The fourth-order valence-electron chi connectivity index (χ4n) is 4.91. The Bertz CT molecular complexity index is 1010. The average Bonchev–Trinajstić information content (AvgIpc) is 3.18. The third kappa shape index (κ3) is 3.87. The standard InChI is InChI=1S/C23H27F4N3O2/c1-15(2)32-18-5-4-16(14-17(18)24)21(31)29-10-8-22(9-11-29)19-6-7-20(23(25,26)27)30(19)13-12-28(22)3/h4-7,14-15H,8-13H2,1-3H3. The predicted octanol–water partition coefficient (Wildman–Crippen LogP) is 4.51. The zero-order valence-corrected chi connectivity index (χ0v) is 18.4. The molecular weight excluding hydrogens is 426 g/mol. The van der Waals surface area contributed by atoms with Gasteiger partial charge in [0.1, 0.15) is 5.69 Å². The Morgan fingerprint density at radius 1 is 1.06 bits per heavy atom. The first-order valence-electron chi connectivity index (χ1n) is 10.8. The fourth-order valence-corrected chi connectivity index (χ4v) is 4.91. The molecule has 9 heteroatoms. The Morgan fingerprint density at radius 3 is 2.34 bits per heavy atom. The molecule has 1 saturated heterocycles. The fraction of sp³-hybridized carbons (Fsp3) is 0.522. The number of ether oxygens (including phenoxy) is 1. The zero-order valence-electron chi connectivity index (χ0n) is 18.4. The molecule has 4 rings (SSSR count). The van der Waals surface area contributed by atoms with Crippen molar-refractivity contribution >= 4 is 5.91 Å². The number of amides is 1. The monoisotopic (exact) mass is 453 g/mol. The molecule has 2 aromatic rings. The van der Waals surface area contributed by atoms with E-state index < -0.39 is 23.2 Å². The molecule has 32 heavy (non-hydrogen) atoms. The summed E-state index contributed by atoms with van der Waals surface area (Å²) in [7, 11) is 1.92. The Kier molecular flexibility index (Phi) is 5.73. The summed E-state index contributed by atoms with van der Waals surface area (Å²) in [6, 6.07) is 6.89. The summed E-state index contributed by atoms with van der Waals surface area (Å²) < 4.78 is 61.4. The molecule has 1 amide bonds. The van der Waals surface area contributed by atoms with E-state index in [4.69, 9.17) is 4.74 Å². The van der Waals surface area contributed by atoms with Crippen molar-refractivity contribution in [3.8, 4) is 5.75 Å². The van der Waals surface area contributed by atoms with E-state index in [1.165, 1.54) is 16.7 Å². The van der Waals surface area contributed by atoms with Crippen molar-refractivity contribution in [3.63, 3.8) is 0 Å². The summed E-state index contributed by atoms with van der Waals surface area (Å²) in [6.07, 6.45) is -3.57. The van der Waals surface area contributed by atoms with Crippen molar-refractivity contribution in [3.05, 3.63) is 53.1 Å². The molecule has 1 fully saturated rings. The first-order chi connectivity index (χ1) is 15.0. The zero-order chi connectivity index (χ0) is 23.3. The van der Waals surface area contributed by atoms with E-state index in [2.05, 4.69) is 4.90 Å². The molecule has 0 aliphatic carbocycles. The molecule has 5 nitrogen and oxygen atoms in total. The van der Waals surface area contributed by atoms with E-state index in [0.717, 1.165) is 6.07 Å². The van der Waals surface area contributed by atoms with Gasteiger partial charge >= 0.3 is 6.18 Å². The Labute approximate surface area is 184 Å². The minimum absolute atomic E-state index is 0.0965. The first kappa shape index (κ1) is 22.6. The maximum atomic E-state index is 14.3. The number of hydrogen-bond donors (Lipinski definition) is 0. The van der Waals surface area contributed by atoms with Crippen LogP contribution in [0, 0.1) is 5.82 Å². The summed E-state index contributed by atoms with van der Waals surface area (Å²) in [5.41, 5.74) is -0.308. The summed E-state index contributed by atoms with van der Waals surface area (Å²) >= 11 is 0. The van der Waals surface area contributed by atoms with E-state index in [9.17, 15) is 22.4 Å². The topological polar surface area (TPSA) is 37.7 Å². The van der Waals surface area contributed by atoms with Gasteiger partial charge in [0, 0.05) is 37.4 Å². The van der Waals surface area contributed by atoms with Gasteiger partial charge in [0.05, 0.1) is 11.6 Å². The second kappa shape index (κ2) is 8.10. The van der Waals surface area contributed by atoms with Crippen molar-refractivity contribution in [1.82, 2.24) is 14.4 Å². The molecule has 1 aromatic heterocycles. The maximum Gasteiger partial charge on any atom is 0.431 e. The van der Waals surface area contributed by atoms with Crippen molar-refractivity contribution in [2.24, 2.45) is 0 Å². The number of aromatic nitrogens is 1. The summed E-state index contributed by atoms with van der Waals surface area (Å²) in [4.78, 5) is 16.7. The van der Waals surface area contributed by atoms with Crippen LogP contribution in [0.15, 0.2) is 30.3 Å². The van der Waals surface area contributed by atoms with Crippen LogP contribution in [0.3, 0.4) is 0 Å². The van der Waals surface area contributed by atoms with Gasteiger partial charge in [-0.3, -0.25) is 9.69 Å². The number of benzene rings is 1. The molecule has 0 unspecified atom stereocenters. The van der Waals surface area contributed by atoms with Gasteiger partial charge in [0.2, 0.25) is 0 Å². The minimum Gasteiger partial charge on any atom is -0.488 e. The van der Waals surface area contributed by atoms with Crippen molar-refractivity contribution in [2.75, 3.05) is 26.7 Å². The maximum absolute atomic E-state index is 14.3. The number of halogens is 4. The molecule has 1 spiro atoms. The lowest BCUT2D eigenvalue weighted by atomic mass is 9.81. The number of rotatable bonds is 3. The number of carbonyl (C=O) groups excluding carboxylic acids is 1. The lowest BCUT2D eigenvalue weighted by molar-refractivity contribution is -0.144. The molecule has 0 bridgehead atoms. The van der Waals surface area contributed by atoms with E-state index >= 15 is 0 Å². The molecule has 2 aliphatic rings. The van der Waals surface area contributed by atoms with Crippen LogP contribution in [-0.4, -0.2) is 53.1 Å². The quantitative estimate of drug-likeness (QED) is 0.642. The van der Waals surface area contributed by atoms with Crippen LogP contribution >= 0.6 is 0 Å². The van der Waals surface area contributed by atoms with Gasteiger partial charge in [-0.1, -0.05) is 0 Å². The van der Waals surface area contributed by atoms with Gasteiger partial charge < -0.3 is 14.2 Å². The highest BCUT2D eigenvalue weighted by Crippen LogP contribution is 2.44. The number of nitrogens with zero attached hydrogens (tertiary/aromatic N) is 3. The normalized spacial score (nSPS) is 18.8. The van der Waals surface area contributed by atoms with Crippen LogP contribution in [0.4, 0.5) is 17.6 Å². The van der Waals surface area contributed by atoms with E-state index in [1.807, 2.05) is 7.05 Å². The number of piperidine rings is 1. The molecule has 0 N–H and O–H groups in total. The van der Waals surface area contributed by atoms with Crippen LogP contribution in [0.25, 0.3) is 0 Å². The second-order valence-electron chi connectivity index (χ2n) is 8.81. The molecular formula is C23H27F4N3O2. The number of fused-ring (bicyclic) bond motifs is 2. The van der Waals surface area contributed by atoms with E-state index in [0.29, 0.717) is 38.2 Å². The van der Waals surface area contributed by atoms with Crippen molar-refractivity contribution < 1.29 is 27.1 Å². The molecule has 0 atom stereocenters. The van der Waals surface area contributed by atoms with Gasteiger partial charge in [-0.2, -0.15) is 13.2 Å². The Morgan fingerprint density at radius 2 is 1.75 bits per heavy atom. The van der Waals surface area contributed by atoms with Crippen LogP contribution in [0.5, 0.6) is 5.75 Å². The third-order valence-electron chi connectivity index (χ3n) is 6.56. The highest BCUT2D eigenvalue weighted by Gasteiger charge is 2.47. The smallest absolute Gasteiger partial charge is 0.431 e. The lowest BCUT2D eigenvalue weighted by Gasteiger charge is -2.50.